The molecule has 0 bridgehead atoms. The lowest BCUT2D eigenvalue weighted by Crippen LogP contribution is -2.17. The van der Waals surface area contributed by atoms with Crippen LogP contribution in [-0.4, -0.2) is 24.3 Å². The molecule has 0 radical (unpaired) electrons. The van der Waals surface area contributed by atoms with Gasteiger partial charge in [-0.3, -0.25) is 10.1 Å². The second-order valence-corrected chi connectivity index (χ2v) is 3.49. The summed E-state index contributed by atoms with van der Waals surface area (Å²) in [4.78, 5) is 21.6. The summed E-state index contributed by atoms with van der Waals surface area (Å²) >= 11 is 0. The van der Waals surface area contributed by atoms with E-state index in [0.29, 0.717) is 5.56 Å². The zero-order chi connectivity index (χ0) is 13.7. The summed E-state index contributed by atoms with van der Waals surface area (Å²) in [5.74, 6) is -0.627. The van der Waals surface area contributed by atoms with Gasteiger partial charge in [-0.15, -0.1) is 0 Å². The first-order valence-electron chi connectivity index (χ1n) is 5.13. The highest BCUT2D eigenvalue weighted by molar-refractivity contribution is 6.15. The highest BCUT2D eigenvalue weighted by Crippen LogP contribution is 2.19. The molecule has 0 aromatic heterocycles. The molecule has 1 aromatic rings. The molecule has 0 N–H and O–H groups in total. The third-order valence-corrected chi connectivity index (χ3v) is 2.28. The smallest absolute Gasteiger partial charge is 0.340 e. The molecule has 1 aromatic carbocycles. The van der Waals surface area contributed by atoms with E-state index in [-0.39, 0.29) is 11.3 Å². The molecule has 0 fully saturated rings. The lowest BCUT2D eigenvalue weighted by atomic mass is 10.1. The Labute approximate surface area is 104 Å². The first-order valence-corrected chi connectivity index (χ1v) is 5.13. The van der Waals surface area contributed by atoms with Crippen LogP contribution in [0.15, 0.2) is 30.8 Å². The minimum Gasteiger partial charge on any atom is -0.432 e. The molecule has 6 heteroatoms. The molecule has 1 atom stereocenters. The van der Waals surface area contributed by atoms with E-state index < -0.39 is 17.2 Å². The standard InChI is InChI=1S/C12H13NO5/c1-8(12(14)18-9(2)17-3)10-4-6-11(7-5-10)13(15)16/h4-7,9H,1H2,2-3H3. The summed E-state index contributed by atoms with van der Waals surface area (Å²) in [6.07, 6.45) is -0.674. The van der Waals surface area contributed by atoms with Crippen LogP contribution in [0.2, 0.25) is 0 Å². The topological polar surface area (TPSA) is 78.7 Å². The van der Waals surface area contributed by atoms with Crippen LogP contribution < -0.4 is 0 Å². The highest BCUT2D eigenvalue weighted by Gasteiger charge is 2.15. The molecule has 96 valence electrons. The summed E-state index contributed by atoms with van der Waals surface area (Å²) < 4.78 is 9.68. The van der Waals surface area contributed by atoms with Crippen molar-refractivity contribution in [3.63, 3.8) is 0 Å². The van der Waals surface area contributed by atoms with Crippen LogP contribution in [0.25, 0.3) is 5.57 Å². The Hall–Kier alpha value is -2.21. The van der Waals surface area contributed by atoms with E-state index in [1.54, 1.807) is 6.92 Å². The number of methoxy groups -OCH3 is 1. The number of carbonyl (C=O) groups excluding carboxylic acids is 1. The molecule has 0 aliphatic carbocycles. The molecular formula is C12H13NO5. The Bertz CT molecular complexity index is 466. The summed E-state index contributed by atoms with van der Waals surface area (Å²) in [6, 6.07) is 5.49. The number of carbonyl (C=O) groups is 1. The summed E-state index contributed by atoms with van der Waals surface area (Å²) in [6.45, 7) is 5.16. The minimum atomic E-state index is -0.674. The lowest BCUT2D eigenvalue weighted by molar-refractivity contribution is -0.384. The molecule has 0 amide bonds. The van der Waals surface area contributed by atoms with Crippen molar-refractivity contribution < 1.29 is 19.2 Å². The van der Waals surface area contributed by atoms with Crippen molar-refractivity contribution in [3.05, 3.63) is 46.5 Å². The maximum atomic E-state index is 11.6. The molecule has 1 unspecified atom stereocenters. The van der Waals surface area contributed by atoms with Crippen molar-refractivity contribution >= 4 is 17.2 Å². The molecule has 6 nitrogen and oxygen atoms in total. The number of hydrogen-bond acceptors (Lipinski definition) is 5. The van der Waals surface area contributed by atoms with Crippen molar-refractivity contribution in [1.82, 2.24) is 0 Å². The number of hydrogen-bond donors (Lipinski definition) is 0. The summed E-state index contributed by atoms with van der Waals surface area (Å²) in [5, 5.41) is 10.5. The van der Waals surface area contributed by atoms with Crippen LogP contribution in [0, 0.1) is 10.1 Å². The maximum Gasteiger partial charge on any atom is 0.340 e. The third kappa shape index (κ3) is 3.39. The van der Waals surface area contributed by atoms with E-state index in [0.717, 1.165) is 0 Å². The lowest BCUT2D eigenvalue weighted by Gasteiger charge is -2.12. The van der Waals surface area contributed by atoms with E-state index in [4.69, 9.17) is 9.47 Å². The SMILES string of the molecule is C=C(C(=O)OC(C)OC)c1ccc([N+](=O)[O-])cc1. The van der Waals surface area contributed by atoms with E-state index >= 15 is 0 Å². The molecule has 0 saturated heterocycles. The average Bonchev–Trinajstić information content (AvgIpc) is 2.37. The Balaban J connectivity index is 2.78. The van der Waals surface area contributed by atoms with Gasteiger partial charge in [0, 0.05) is 19.2 Å². The van der Waals surface area contributed by atoms with Gasteiger partial charge in [0.15, 0.2) is 6.29 Å². The zero-order valence-electron chi connectivity index (χ0n) is 10.1. The average molecular weight is 251 g/mol. The Kier molecular flexibility index (Phi) is 4.56. The molecule has 0 aliphatic rings. The van der Waals surface area contributed by atoms with Gasteiger partial charge in [0.2, 0.25) is 0 Å². The predicted octanol–water partition coefficient (Wildman–Crippen LogP) is 2.14. The number of esters is 1. The van der Waals surface area contributed by atoms with Gasteiger partial charge in [0.05, 0.1) is 10.5 Å². The van der Waals surface area contributed by atoms with Crippen molar-refractivity contribution in [1.29, 1.82) is 0 Å². The molecule has 1 rings (SSSR count). The van der Waals surface area contributed by atoms with E-state index in [1.807, 2.05) is 0 Å². The van der Waals surface area contributed by atoms with Gasteiger partial charge in [-0.25, -0.2) is 4.79 Å². The fourth-order valence-electron chi connectivity index (χ4n) is 1.17. The van der Waals surface area contributed by atoms with Gasteiger partial charge in [-0.2, -0.15) is 0 Å². The minimum absolute atomic E-state index is 0.0508. The van der Waals surface area contributed by atoms with Crippen LogP contribution in [-0.2, 0) is 14.3 Å². The van der Waals surface area contributed by atoms with Gasteiger partial charge in [0.25, 0.3) is 5.69 Å². The zero-order valence-corrected chi connectivity index (χ0v) is 10.1. The second-order valence-electron chi connectivity index (χ2n) is 3.49. The van der Waals surface area contributed by atoms with Crippen LogP contribution in [0.4, 0.5) is 5.69 Å². The molecule has 0 heterocycles. The Morgan fingerprint density at radius 2 is 1.94 bits per heavy atom. The normalized spacial score (nSPS) is 11.7. The van der Waals surface area contributed by atoms with Gasteiger partial charge >= 0.3 is 5.97 Å². The largest absolute Gasteiger partial charge is 0.432 e. The van der Waals surface area contributed by atoms with Gasteiger partial charge in [-0.05, 0) is 24.6 Å². The Morgan fingerprint density at radius 1 is 1.39 bits per heavy atom. The number of nitro groups is 1. The van der Waals surface area contributed by atoms with E-state index in [2.05, 4.69) is 6.58 Å². The van der Waals surface area contributed by atoms with Crippen LogP contribution >= 0.6 is 0 Å². The van der Waals surface area contributed by atoms with Crippen molar-refractivity contribution in [2.75, 3.05) is 7.11 Å². The van der Waals surface area contributed by atoms with Gasteiger partial charge in [-0.1, -0.05) is 6.58 Å². The molecule has 0 saturated carbocycles. The van der Waals surface area contributed by atoms with Gasteiger partial charge < -0.3 is 9.47 Å². The van der Waals surface area contributed by atoms with Crippen LogP contribution in [0.3, 0.4) is 0 Å². The van der Waals surface area contributed by atoms with Crippen LogP contribution in [0.5, 0.6) is 0 Å². The quantitative estimate of drug-likeness (QED) is 0.263. The summed E-state index contributed by atoms with van der Waals surface area (Å²) in [7, 11) is 1.41. The van der Waals surface area contributed by atoms with E-state index in [9.17, 15) is 14.9 Å². The number of nitro benzene ring substituents is 1. The first kappa shape index (κ1) is 13.9. The second kappa shape index (κ2) is 5.92. The van der Waals surface area contributed by atoms with E-state index in [1.165, 1.54) is 31.4 Å². The monoisotopic (exact) mass is 251 g/mol. The number of nitrogens with zero attached hydrogens (tertiary/aromatic N) is 1. The highest BCUT2D eigenvalue weighted by atomic mass is 16.7. The fourth-order valence-corrected chi connectivity index (χ4v) is 1.17. The van der Waals surface area contributed by atoms with Crippen molar-refractivity contribution in [2.45, 2.75) is 13.2 Å². The van der Waals surface area contributed by atoms with Crippen LogP contribution in [0.1, 0.15) is 12.5 Å². The number of benzene rings is 1. The van der Waals surface area contributed by atoms with Gasteiger partial charge in [0.1, 0.15) is 0 Å². The summed E-state index contributed by atoms with van der Waals surface area (Å²) in [5.41, 5.74) is 0.535. The van der Waals surface area contributed by atoms with Crippen molar-refractivity contribution in [2.24, 2.45) is 0 Å². The maximum absolute atomic E-state index is 11.6. The molecular weight excluding hydrogens is 238 g/mol. The predicted molar refractivity (Wildman–Crippen MR) is 64.7 cm³/mol. The van der Waals surface area contributed by atoms with Crippen molar-refractivity contribution in [3.8, 4) is 0 Å². The molecule has 0 spiro atoms. The number of ether oxygens (including phenoxy) is 2. The molecule has 0 aliphatic heterocycles. The number of rotatable bonds is 5. The Morgan fingerprint density at radius 3 is 2.39 bits per heavy atom. The number of non-ortho nitro benzene ring substituents is 1. The third-order valence-electron chi connectivity index (χ3n) is 2.28. The fraction of sp³-hybridized carbons (Fsp3) is 0.250. The molecule has 18 heavy (non-hydrogen) atoms. The first-order chi connectivity index (χ1) is 8.45.